The number of hydrogen-bond acceptors (Lipinski definition) is 5. The highest BCUT2D eigenvalue weighted by atomic mass is 32.1. The minimum Gasteiger partial charge on any atom is -0.356 e. The van der Waals surface area contributed by atoms with Crippen molar-refractivity contribution in [1.29, 1.82) is 0 Å². The number of nitrogens with zero attached hydrogens (tertiary/aromatic N) is 3. The second-order valence-corrected chi connectivity index (χ2v) is 7.60. The second kappa shape index (κ2) is 7.85. The van der Waals surface area contributed by atoms with Gasteiger partial charge in [0.25, 0.3) is 0 Å². The van der Waals surface area contributed by atoms with Crippen LogP contribution in [0.2, 0.25) is 0 Å². The number of hydrogen-bond donors (Lipinski definition) is 1. The molecule has 0 aromatic carbocycles. The standard InChI is InChI=1S/C18H24N4OS/c1-22(2)11-3-8-20-17(23)14-4-5-15-16(12-14)24-18(21-15)13-6-9-19-10-7-13/h6-7,9-10,14H,3-5,8,11-12H2,1-2H3,(H,20,23). The lowest BCUT2D eigenvalue weighted by molar-refractivity contribution is -0.125. The number of carbonyl (C=O) groups excluding carboxylic acids is 1. The van der Waals surface area contributed by atoms with Crippen LogP contribution in [0.4, 0.5) is 0 Å². The van der Waals surface area contributed by atoms with Gasteiger partial charge in [-0.05, 0) is 58.5 Å². The molecule has 1 N–H and O–H groups in total. The molecule has 0 radical (unpaired) electrons. The van der Waals surface area contributed by atoms with Crippen LogP contribution >= 0.6 is 11.3 Å². The fraction of sp³-hybridized carbons (Fsp3) is 0.500. The molecule has 5 nitrogen and oxygen atoms in total. The highest BCUT2D eigenvalue weighted by Gasteiger charge is 2.27. The third-order valence-corrected chi connectivity index (χ3v) is 5.49. The first kappa shape index (κ1) is 17.0. The van der Waals surface area contributed by atoms with Crippen molar-refractivity contribution < 1.29 is 4.79 Å². The van der Waals surface area contributed by atoms with Crippen LogP contribution in [0.5, 0.6) is 0 Å². The number of thiazole rings is 1. The number of pyridine rings is 1. The summed E-state index contributed by atoms with van der Waals surface area (Å²) in [7, 11) is 4.10. The highest BCUT2D eigenvalue weighted by Crippen LogP contribution is 2.34. The Balaban J connectivity index is 1.58. The van der Waals surface area contributed by atoms with E-state index < -0.39 is 0 Å². The summed E-state index contributed by atoms with van der Waals surface area (Å²) in [6.45, 7) is 1.75. The largest absolute Gasteiger partial charge is 0.356 e. The molecular weight excluding hydrogens is 320 g/mol. The summed E-state index contributed by atoms with van der Waals surface area (Å²) >= 11 is 1.72. The quantitative estimate of drug-likeness (QED) is 0.818. The van der Waals surface area contributed by atoms with Gasteiger partial charge in [0.05, 0.1) is 5.69 Å². The van der Waals surface area contributed by atoms with E-state index in [1.165, 1.54) is 10.6 Å². The summed E-state index contributed by atoms with van der Waals surface area (Å²) in [5, 5.41) is 4.12. The van der Waals surface area contributed by atoms with Gasteiger partial charge in [0.2, 0.25) is 5.91 Å². The van der Waals surface area contributed by atoms with Crippen molar-refractivity contribution in [2.75, 3.05) is 27.2 Å². The summed E-state index contributed by atoms with van der Waals surface area (Å²) in [6, 6.07) is 3.97. The topological polar surface area (TPSA) is 58.1 Å². The SMILES string of the molecule is CN(C)CCCNC(=O)C1CCc2nc(-c3ccncc3)sc2C1. The van der Waals surface area contributed by atoms with Crippen molar-refractivity contribution in [1.82, 2.24) is 20.2 Å². The molecule has 0 bridgehead atoms. The first-order chi connectivity index (χ1) is 11.6. The number of aromatic nitrogens is 2. The molecule has 1 amide bonds. The van der Waals surface area contributed by atoms with Gasteiger partial charge in [-0.25, -0.2) is 4.98 Å². The van der Waals surface area contributed by atoms with E-state index in [0.29, 0.717) is 0 Å². The average Bonchev–Trinajstić information content (AvgIpc) is 3.02. The van der Waals surface area contributed by atoms with Crippen LogP contribution in [-0.2, 0) is 17.6 Å². The summed E-state index contributed by atoms with van der Waals surface area (Å²) in [6.07, 6.45) is 7.18. The fourth-order valence-corrected chi connectivity index (χ4v) is 4.16. The predicted molar refractivity (Wildman–Crippen MR) is 97.0 cm³/mol. The van der Waals surface area contributed by atoms with Crippen LogP contribution in [-0.4, -0.2) is 48.0 Å². The van der Waals surface area contributed by atoms with Gasteiger partial charge in [0.1, 0.15) is 5.01 Å². The van der Waals surface area contributed by atoms with Gasteiger partial charge in [-0.15, -0.1) is 11.3 Å². The first-order valence-electron chi connectivity index (χ1n) is 8.45. The van der Waals surface area contributed by atoms with Crippen molar-refractivity contribution >= 4 is 17.2 Å². The smallest absolute Gasteiger partial charge is 0.223 e. The number of fused-ring (bicyclic) bond motifs is 1. The molecule has 0 saturated heterocycles. The van der Waals surface area contributed by atoms with Crippen molar-refractivity contribution in [2.45, 2.75) is 25.7 Å². The zero-order valence-electron chi connectivity index (χ0n) is 14.3. The number of carbonyl (C=O) groups is 1. The Hall–Kier alpha value is -1.79. The molecule has 2 aromatic rings. The molecule has 128 valence electrons. The van der Waals surface area contributed by atoms with Crippen molar-refractivity contribution in [3.05, 3.63) is 35.1 Å². The number of rotatable bonds is 6. The molecule has 0 saturated carbocycles. The molecule has 0 aliphatic heterocycles. The van der Waals surface area contributed by atoms with Crippen molar-refractivity contribution in [3.8, 4) is 10.6 Å². The van der Waals surface area contributed by atoms with E-state index in [2.05, 4.69) is 29.3 Å². The van der Waals surface area contributed by atoms with E-state index in [4.69, 9.17) is 4.98 Å². The minimum atomic E-state index is 0.0857. The molecule has 2 aromatic heterocycles. The fourth-order valence-electron chi connectivity index (χ4n) is 2.97. The minimum absolute atomic E-state index is 0.0857. The normalized spacial score (nSPS) is 16.9. The Labute approximate surface area is 147 Å². The molecule has 3 rings (SSSR count). The molecule has 6 heteroatoms. The molecular formula is C18H24N4OS. The van der Waals surface area contributed by atoms with E-state index in [1.807, 2.05) is 12.1 Å². The van der Waals surface area contributed by atoms with Gasteiger partial charge in [0, 0.05) is 35.3 Å². The van der Waals surface area contributed by atoms with Gasteiger partial charge >= 0.3 is 0 Å². The lowest BCUT2D eigenvalue weighted by atomic mass is 9.90. The van der Waals surface area contributed by atoms with E-state index >= 15 is 0 Å². The zero-order valence-corrected chi connectivity index (χ0v) is 15.1. The average molecular weight is 344 g/mol. The maximum absolute atomic E-state index is 12.4. The maximum atomic E-state index is 12.4. The van der Waals surface area contributed by atoms with Crippen LogP contribution in [0, 0.1) is 5.92 Å². The van der Waals surface area contributed by atoms with E-state index in [-0.39, 0.29) is 11.8 Å². The van der Waals surface area contributed by atoms with Gasteiger partial charge in [-0.3, -0.25) is 9.78 Å². The Morgan fingerprint density at radius 1 is 1.38 bits per heavy atom. The Morgan fingerprint density at radius 3 is 2.92 bits per heavy atom. The number of amides is 1. The van der Waals surface area contributed by atoms with E-state index in [1.54, 1.807) is 23.7 Å². The molecule has 1 unspecified atom stereocenters. The van der Waals surface area contributed by atoms with Crippen molar-refractivity contribution in [2.24, 2.45) is 5.92 Å². The molecule has 0 fully saturated rings. The van der Waals surface area contributed by atoms with Gasteiger partial charge in [-0.2, -0.15) is 0 Å². The van der Waals surface area contributed by atoms with Crippen molar-refractivity contribution in [3.63, 3.8) is 0 Å². The molecule has 0 spiro atoms. The van der Waals surface area contributed by atoms with Crippen LogP contribution < -0.4 is 5.32 Å². The number of aryl methyl sites for hydroxylation is 1. The van der Waals surface area contributed by atoms with Crippen LogP contribution in [0.3, 0.4) is 0 Å². The molecule has 24 heavy (non-hydrogen) atoms. The molecule has 2 heterocycles. The summed E-state index contributed by atoms with van der Waals surface area (Å²) < 4.78 is 0. The van der Waals surface area contributed by atoms with E-state index in [0.717, 1.165) is 49.3 Å². The van der Waals surface area contributed by atoms with E-state index in [9.17, 15) is 4.79 Å². The summed E-state index contributed by atoms with van der Waals surface area (Å²) in [4.78, 5) is 24.6. The van der Waals surface area contributed by atoms with Crippen LogP contribution in [0.1, 0.15) is 23.4 Å². The number of nitrogens with one attached hydrogen (secondary N) is 1. The Morgan fingerprint density at radius 2 is 2.17 bits per heavy atom. The van der Waals surface area contributed by atoms with Crippen LogP contribution in [0.15, 0.2) is 24.5 Å². The predicted octanol–water partition coefficient (Wildman–Crippen LogP) is 2.38. The Kier molecular flexibility index (Phi) is 5.58. The lowest BCUT2D eigenvalue weighted by Gasteiger charge is -2.20. The highest BCUT2D eigenvalue weighted by molar-refractivity contribution is 7.15. The monoisotopic (exact) mass is 344 g/mol. The maximum Gasteiger partial charge on any atom is 0.223 e. The molecule has 1 aliphatic rings. The third kappa shape index (κ3) is 4.19. The Bertz CT molecular complexity index is 684. The second-order valence-electron chi connectivity index (χ2n) is 6.51. The molecule has 1 aliphatic carbocycles. The van der Waals surface area contributed by atoms with Gasteiger partial charge in [0.15, 0.2) is 0 Å². The van der Waals surface area contributed by atoms with Gasteiger partial charge in [-0.1, -0.05) is 0 Å². The van der Waals surface area contributed by atoms with Gasteiger partial charge < -0.3 is 10.2 Å². The molecule has 1 atom stereocenters. The first-order valence-corrected chi connectivity index (χ1v) is 9.26. The third-order valence-electron chi connectivity index (χ3n) is 4.32. The summed E-state index contributed by atoms with van der Waals surface area (Å²) in [5.74, 6) is 0.279. The lowest BCUT2D eigenvalue weighted by Crippen LogP contribution is -2.35. The summed E-state index contributed by atoms with van der Waals surface area (Å²) in [5.41, 5.74) is 2.28. The zero-order chi connectivity index (χ0) is 16.9. The van der Waals surface area contributed by atoms with Crippen LogP contribution in [0.25, 0.3) is 10.6 Å².